The fourth-order valence-corrected chi connectivity index (χ4v) is 5.38. The molecule has 0 aliphatic heterocycles. The Bertz CT molecular complexity index is 1480. The van der Waals surface area contributed by atoms with Crippen molar-refractivity contribution in [2.45, 2.75) is 32.2 Å². The number of nitrogens with one attached hydrogen (secondary N) is 1. The third-order valence-electron chi connectivity index (χ3n) is 5.68. The summed E-state index contributed by atoms with van der Waals surface area (Å²) < 4.78 is 29.7. The number of nitrogen functional groups attached to an aromatic ring is 1. The molecule has 8 heteroatoms. The van der Waals surface area contributed by atoms with E-state index in [9.17, 15) is 13.2 Å². The van der Waals surface area contributed by atoms with Crippen molar-refractivity contribution in [1.29, 1.82) is 0 Å². The van der Waals surface area contributed by atoms with Gasteiger partial charge in [-0.2, -0.15) is 0 Å². The molecule has 0 radical (unpaired) electrons. The molecular weight excluding hydrogens is 458 g/mol. The van der Waals surface area contributed by atoms with E-state index in [1.807, 2.05) is 26.8 Å². The topological polar surface area (TPSA) is 94.2 Å². The number of halogens is 1. The predicted octanol–water partition coefficient (Wildman–Crippen LogP) is 4.97. The molecular formula is C25H24ClN3O3S. The van der Waals surface area contributed by atoms with Crippen LogP contribution in [0, 0.1) is 20.8 Å². The number of nitrogens with two attached hydrogens (primary N) is 1. The molecule has 0 fully saturated rings. The van der Waals surface area contributed by atoms with Gasteiger partial charge in [0.1, 0.15) is 5.69 Å². The van der Waals surface area contributed by atoms with Crippen molar-refractivity contribution in [3.05, 3.63) is 93.6 Å². The van der Waals surface area contributed by atoms with Crippen molar-refractivity contribution in [3.63, 3.8) is 0 Å². The number of aryl methyl sites for hydroxylation is 3. The molecule has 0 unspecified atom stereocenters. The van der Waals surface area contributed by atoms with Crippen LogP contribution in [0.2, 0.25) is 5.02 Å². The molecule has 3 N–H and O–H groups in total. The summed E-state index contributed by atoms with van der Waals surface area (Å²) in [6.07, 6.45) is 0. The first-order valence-corrected chi connectivity index (χ1v) is 12.2. The van der Waals surface area contributed by atoms with E-state index in [0.717, 1.165) is 27.8 Å². The Balaban J connectivity index is 1.81. The van der Waals surface area contributed by atoms with Crippen LogP contribution >= 0.6 is 11.6 Å². The van der Waals surface area contributed by atoms with Gasteiger partial charge in [-0.1, -0.05) is 41.4 Å². The van der Waals surface area contributed by atoms with Crippen molar-refractivity contribution in [2.75, 3.05) is 5.73 Å². The second kappa shape index (κ2) is 8.57. The second-order valence-corrected chi connectivity index (χ2v) is 10.3. The van der Waals surface area contributed by atoms with Gasteiger partial charge in [-0.05, 0) is 73.9 Å². The molecule has 0 bridgehead atoms. The highest BCUT2D eigenvalue weighted by Gasteiger charge is 2.24. The minimum atomic E-state index is -4.12. The summed E-state index contributed by atoms with van der Waals surface area (Å²) in [7, 11) is -4.12. The van der Waals surface area contributed by atoms with E-state index in [4.69, 9.17) is 17.3 Å². The highest BCUT2D eigenvalue weighted by molar-refractivity contribution is 7.90. The van der Waals surface area contributed by atoms with Gasteiger partial charge in [0.25, 0.3) is 15.9 Å². The van der Waals surface area contributed by atoms with Gasteiger partial charge < -0.3 is 10.3 Å². The Morgan fingerprint density at radius 2 is 1.67 bits per heavy atom. The Labute approximate surface area is 198 Å². The number of aromatic nitrogens is 1. The number of carbonyl (C=O) groups is 1. The Morgan fingerprint density at radius 3 is 2.33 bits per heavy atom. The van der Waals surface area contributed by atoms with Gasteiger partial charge in [-0.15, -0.1) is 0 Å². The maximum Gasteiger partial charge on any atom is 0.281 e. The van der Waals surface area contributed by atoms with Crippen LogP contribution in [0.4, 0.5) is 5.69 Å². The monoisotopic (exact) mass is 481 g/mol. The zero-order valence-electron chi connectivity index (χ0n) is 18.5. The van der Waals surface area contributed by atoms with E-state index in [-0.39, 0.29) is 16.3 Å². The smallest absolute Gasteiger partial charge is 0.281 e. The highest BCUT2D eigenvalue weighted by Crippen LogP contribution is 2.29. The summed E-state index contributed by atoms with van der Waals surface area (Å²) in [5.74, 6) is -0.743. The molecule has 4 rings (SSSR count). The lowest BCUT2D eigenvalue weighted by Gasteiger charge is -2.16. The third kappa shape index (κ3) is 4.47. The predicted molar refractivity (Wildman–Crippen MR) is 132 cm³/mol. The maximum absolute atomic E-state index is 13.2. The standard InChI is InChI=1S/C25H24ClN3O3S/c1-15-10-16(2)21(17(3)11-15)14-29-23-9-5-8-22(26)20(23)13-24(29)25(30)28-33(31,32)19-7-4-6-18(27)12-19/h4-13H,14,27H2,1-3H3,(H,28,30). The SMILES string of the molecule is Cc1cc(C)c(Cn2c(C(=O)NS(=O)(=O)c3cccc(N)c3)cc3c(Cl)cccc32)c(C)c1. The van der Waals surface area contributed by atoms with Crippen LogP contribution in [0.5, 0.6) is 0 Å². The third-order valence-corrected chi connectivity index (χ3v) is 7.34. The molecule has 4 aromatic rings. The zero-order chi connectivity index (χ0) is 23.9. The molecule has 0 spiro atoms. The lowest BCUT2D eigenvalue weighted by atomic mass is 9.99. The summed E-state index contributed by atoms with van der Waals surface area (Å²) in [4.78, 5) is 13.2. The summed E-state index contributed by atoms with van der Waals surface area (Å²) >= 11 is 6.40. The number of benzene rings is 3. The number of amides is 1. The van der Waals surface area contributed by atoms with Gasteiger partial charge in [0.15, 0.2) is 0 Å². The molecule has 0 aliphatic rings. The molecule has 0 atom stereocenters. The summed E-state index contributed by atoms with van der Waals surface area (Å²) in [6, 6.07) is 17.0. The van der Waals surface area contributed by atoms with Gasteiger partial charge in [-0.25, -0.2) is 13.1 Å². The van der Waals surface area contributed by atoms with Gasteiger partial charge in [0.2, 0.25) is 0 Å². The number of carbonyl (C=O) groups excluding carboxylic acids is 1. The molecule has 0 saturated heterocycles. The lowest BCUT2D eigenvalue weighted by molar-refractivity contribution is 0.0973. The van der Waals surface area contributed by atoms with E-state index in [2.05, 4.69) is 16.9 Å². The van der Waals surface area contributed by atoms with Gasteiger partial charge in [0.05, 0.1) is 10.4 Å². The van der Waals surface area contributed by atoms with Crippen molar-refractivity contribution in [3.8, 4) is 0 Å². The maximum atomic E-state index is 13.2. The average Bonchev–Trinajstić information content (AvgIpc) is 3.10. The van der Waals surface area contributed by atoms with Crippen LogP contribution in [0.1, 0.15) is 32.7 Å². The first-order chi connectivity index (χ1) is 15.6. The zero-order valence-corrected chi connectivity index (χ0v) is 20.1. The van der Waals surface area contributed by atoms with E-state index in [1.54, 1.807) is 28.8 Å². The van der Waals surface area contributed by atoms with Crippen LogP contribution < -0.4 is 10.5 Å². The quantitative estimate of drug-likeness (QED) is 0.393. The fourth-order valence-electron chi connectivity index (χ4n) is 4.14. The van der Waals surface area contributed by atoms with Crippen LogP contribution in [0.3, 0.4) is 0 Å². The second-order valence-electron chi connectivity index (χ2n) is 8.17. The lowest BCUT2D eigenvalue weighted by Crippen LogP contribution is -2.32. The molecule has 3 aromatic carbocycles. The van der Waals surface area contributed by atoms with Crippen molar-refractivity contribution in [2.24, 2.45) is 0 Å². The Hall–Kier alpha value is -3.29. The summed E-state index contributed by atoms with van der Waals surface area (Å²) in [5.41, 5.74) is 11.3. The van der Waals surface area contributed by atoms with Gasteiger partial charge in [0, 0.05) is 22.6 Å². The van der Waals surface area contributed by atoms with Crippen LogP contribution in [0.15, 0.2) is 65.6 Å². The number of anilines is 1. The molecule has 1 heterocycles. The van der Waals surface area contributed by atoms with Crippen molar-refractivity contribution in [1.82, 2.24) is 9.29 Å². The fraction of sp³-hybridized carbons (Fsp3) is 0.160. The Kier molecular flexibility index (Phi) is 5.95. The van der Waals surface area contributed by atoms with Gasteiger partial charge >= 0.3 is 0 Å². The molecule has 0 saturated carbocycles. The summed E-state index contributed by atoms with van der Waals surface area (Å²) in [6.45, 7) is 6.48. The number of rotatable bonds is 5. The van der Waals surface area contributed by atoms with E-state index in [1.165, 1.54) is 18.2 Å². The molecule has 6 nitrogen and oxygen atoms in total. The van der Waals surface area contributed by atoms with Crippen LogP contribution in [0.25, 0.3) is 10.9 Å². The van der Waals surface area contributed by atoms with Crippen molar-refractivity contribution < 1.29 is 13.2 Å². The van der Waals surface area contributed by atoms with E-state index < -0.39 is 15.9 Å². The van der Waals surface area contributed by atoms with Crippen LogP contribution in [-0.4, -0.2) is 18.9 Å². The van der Waals surface area contributed by atoms with Crippen molar-refractivity contribution >= 4 is 44.1 Å². The minimum Gasteiger partial charge on any atom is -0.399 e. The minimum absolute atomic E-state index is 0.0817. The van der Waals surface area contributed by atoms with E-state index in [0.29, 0.717) is 17.0 Å². The number of sulfonamides is 1. The molecule has 170 valence electrons. The van der Waals surface area contributed by atoms with Crippen LogP contribution in [-0.2, 0) is 16.6 Å². The number of fused-ring (bicyclic) bond motifs is 1. The first-order valence-electron chi connectivity index (χ1n) is 10.3. The molecule has 1 aromatic heterocycles. The largest absolute Gasteiger partial charge is 0.399 e. The normalized spacial score (nSPS) is 11.6. The number of hydrogen-bond donors (Lipinski definition) is 2. The highest BCUT2D eigenvalue weighted by atomic mass is 35.5. The summed E-state index contributed by atoms with van der Waals surface area (Å²) in [5, 5.41) is 1.16. The average molecular weight is 482 g/mol. The number of hydrogen-bond acceptors (Lipinski definition) is 4. The molecule has 1 amide bonds. The molecule has 0 aliphatic carbocycles. The van der Waals surface area contributed by atoms with Gasteiger partial charge in [-0.3, -0.25) is 4.79 Å². The Morgan fingerprint density at radius 1 is 1.00 bits per heavy atom. The van der Waals surface area contributed by atoms with E-state index >= 15 is 0 Å². The first kappa shape index (κ1) is 22.9. The molecule has 33 heavy (non-hydrogen) atoms. The number of nitrogens with zero attached hydrogens (tertiary/aromatic N) is 1.